The van der Waals surface area contributed by atoms with Gasteiger partial charge in [0, 0.05) is 17.0 Å². The van der Waals surface area contributed by atoms with Crippen molar-refractivity contribution in [2.45, 2.75) is 0 Å². The van der Waals surface area contributed by atoms with Crippen LogP contribution in [-0.2, 0) is 0 Å². The third-order valence-electron chi connectivity index (χ3n) is 4.49. The number of pyridine rings is 1. The Morgan fingerprint density at radius 3 is 2.05 bits per heavy atom. The van der Waals surface area contributed by atoms with E-state index in [1.807, 2.05) is 12.3 Å². The number of hydrogen-bond acceptors (Lipinski definition) is 1. The van der Waals surface area contributed by atoms with Crippen LogP contribution in [0.2, 0.25) is 0 Å². The van der Waals surface area contributed by atoms with Crippen molar-refractivity contribution in [1.82, 2.24) is 4.98 Å². The summed E-state index contributed by atoms with van der Waals surface area (Å²) < 4.78 is 0. The highest BCUT2D eigenvalue weighted by atomic mass is 14.6. The molecule has 0 unspecified atom stereocenters. The molecule has 0 saturated heterocycles. The van der Waals surface area contributed by atoms with Crippen LogP contribution in [0.4, 0.5) is 0 Å². The van der Waals surface area contributed by atoms with E-state index in [1.54, 1.807) is 0 Å². The van der Waals surface area contributed by atoms with Gasteiger partial charge < -0.3 is 0 Å². The normalized spacial score (nSPS) is 11.6. The maximum absolute atomic E-state index is 4.58. The molecule has 4 aromatic carbocycles. The molecule has 0 aliphatic heterocycles. The largest absolute Gasteiger partial charge is 0.256 e. The van der Waals surface area contributed by atoms with Crippen LogP contribution in [0.25, 0.3) is 43.2 Å². The zero-order valence-electron chi connectivity index (χ0n) is 12.0. The van der Waals surface area contributed by atoms with Crippen LogP contribution < -0.4 is 0 Å². The summed E-state index contributed by atoms with van der Waals surface area (Å²) in [7, 11) is 0. The summed E-state index contributed by atoms with van der Waals surface area (Å²) in [6, 6.07) is 25.9. The Hall–Kier alpha value is -2.93. The van der Waals surface area contributed by atoms with E-state index in [0.29, 0.717) is 0 Å². The minimum absolute atomic E-state index is 1.08. The molecule has 0 saturated carbocycles. The predicted octanol–water partition coefficient (Wildman–Crippen LogP) is 5.69. The second kappa shape index (κ2) is 4.28. The maximum atomic E-state index is 4.58. The van der Waals surface area contributed by atoms with Crippen LogP contribution in [0.1, 0.15) is 0 Å². The summed E-state index contributed by atoms with van der Waals surface area (Å²) in [5.74, 6) is 0. The Morgan fingerprint density at radius 1 is 0.455 bits per heavy atom. The first-order valence-electron chi connectivity index (χ1n) is 7.50. The van der Waals surface area contributed by atoms with Gasteiger partial charge in [-0.15, -0.1) is 0 Å². The second-order valence-electron chi connectivity index (χ2n) is 5.68. The fraction of sp³-hybridized carbons (Fsp3) is 0. The van der Waals surface area contributed by atoms with Crippen LogP contribution in [0.5, 0.6) is 0 Å². The van der Waals surface area contributed by atoms with Gasteiger partial charge in [-0.1, -0.05) is 66.7 Å². The lowest BCUT2D eigenvalue weighted by Gasteiger charge is -2.09. The predicted molar refractivity (Wildman–Crippen MR) is 94.3 cm³/mol. The van der Waals surface area contributed by atoms with Gasteiger partial charge in [-0.05, 0) is 33.0 Å². The minimum atomic E-state index is 1.08. The Balaban J connectivity index is 2.04. The van der Waals surface area contributed by atoms with Gasteiger partial charge in [-0.2, -0.15) is 0 Å². The first-order valence-corrected chi connectivity index (χ1v) is 7.50. The molecule has 1 aromatic heterocycles. The van der Waals surface area contributed by atoms with Crippen LogP contribution in [0.3, 0.4) is 0 Å². The van der Waals surface area contributed by atoms with Crippen LogP contribution in [0.15, 0.2) is 79.0 Å². The van der Waals surface area contributed by atoms with Crippen molar-refractivity contribution >= 4 is 43.2 Å². The average Bonchev–Trinajstić information content (AvgIpc) is 2.60. The van der Waals surface area contributed by atoms with Gasteiger partial charge >= 0.3 is 0 Å². The molecule has 0 aliphatic carbocycles. The maximum Gasteiger partial charge on any atom is 0.0780 e. The molecule has 0 aliphatic rings. The molecule has 5 rings (SSSR count). The molecule has 0 radical (unpaired) electrons. The average molecular weight is 279 g/mol. The summed E-state index contributed by atoms with van der Waals surface area (Å²) in [6.45, 7) is 0. The third kappa shape index (κ3) is 1.51. The molecular formula is C21H13N. The molecule has 0 fully saturated rings. The molecule has 1 heterocycles. The van der Waals surface area contributed by atoms with E-state index in [4.69, 9.17) is 0 Å². The highest BCUT2D eigenvalue weighted by molar-refractivity contribution is 6.21. The number of rotatable bonds is 0. The van der Waals surface area contributed by atoms with Crippen molar-refractivity contribution in [1.29, 1.82) is 0 Å². The number of fused-ring (bicyclic) bond motifs is 7. The van der Waals surface area contributed by atoms with Gasteiger partial charge in [0.1, 0.15) is 0 Å². The Labute approximate surface area is 127 Å². The Morgan fingerprint density at radius 2 is 1.09 bits per heavy atom. The Kier molecular flexibility index (Phi) is 2.28. The summed E-state index contributed by atoms with van der Waals surface area (Å²) in [4.78, 5) is 4.58. The fourth-order valence-electron chi connectivity index (χ4n) is 3.45. The zero-order valence-corrected chi connectivity index (χ0v) is 12.0. The Bertz CT molecular complexity index is 1080. The molecule has 0 bridgehead atoms. The number of hydrogen-bond donors (Lipinski definition) is 0. The van der Waals surface area contributed by atoms with E-state index >= 15 is 0 Å². The summed E-state index contributed by atoms with van der Waals surface area (Å²) in [5.41, 5.74) is 1.08. The lowest BCUT2D eigenvalue weighted by atomic mass is 9.96. The molecule has 0 spiro atoms. The molecule has 0 N–H and O–H groups in total. The van der Waals surface area contributed by atoms with Crippen molar-refractivity contribution in [2.75, 3.05) is 0 Å². The summed E-state index contributed by atoms with van der Waals surface area (Å²) >= 11 is 0. The fourth-order valence-corrected chi connectivity index (χ4v) is 3.45. The molecule has 0 atom stereocenters. The van der Waals surface area contributed by atoms with Gasteiger partial charge in [-0.3, -0.25) is 4.98 Å². The van der Waals surface area contributed by atoms with E-state index in [9.17, 15) is 0 Å². The molecule has 1 nitrogen and oxygen atoms in total. The topological polar surface area (TPSA) is 12.9 Å². The van der Waals surface area contributed by atoms with Crippen molar-refractivity contribution in [3.05, 3.63) is 79.0 Å². The quantitative estimate of drug-likeness (QED) is 0.332. The minimum Gasteiger partial charge on any atom is -0.256 e. The third-order valence-corrected chi connectivity index (χ3v) is 4.49. The van der Waals surface area contributed by atoms with Crippen molar-refractivity contribution in [3.63, 3.8) is 0 Å². The standard InChI is InChI=1S/C21H13N/c1-2-6-16-14(4-1)7-9-18-17(16)11-12-20-19(18)10-8-15-5-3-13-22-21(15)20/h1-13H. The SMILES string of the molecule is c1ccc2c(c1)ccc1c2ccc2c1ccc1cccnc12. The van der Waals surface area contributed by atoms with E-state index in [2.05, 4.69) is 71.7 Å². The molecule has 0 amide bonds. The van der Waals surface area contributed by atoms with E-state index < -0.39 is 0 Å². The van der Waals surface area contributed by atoms with Crippen molar-refractivity contribution < 1.29 is 0 Å². The monoisotopic (exact) mass is 279 g/mol. The first-order chi connectivity index (χ1) is 10.9. The lowest BCUT2D eigenvalue weighted by molar-refractivity contribution is 1.43. The number of nitrogens with zero attached hydrogens (tertiary/aromatic N) is 1. The van der Waals surface area contributed by atoms with E-state index in [-0.39, 0.29) is 0 Å². The highest BCUT2D eigenvalue weighted by Crippen LogP contribution is 2.33. The highest BCUT2D eigenvalue weighted by Gasteiger charge is 2.07. The number of aromatic nitrogens is 1. The van der Waals surface area contributed by atoms with E-state index in [0.717, 1.165) is 5.52 Å². The molecule has 22 heavy (non-hydrogen) atoms. The lowest BCUT2D eigenvalue weighted by Crippen LogP contribution is -1.84. The van der Waals surface area contributed by atoms with Crippen molar-refractivity contribution in [3.8, 4) is 0 Å². The van der Waals surface area contributed by atoms with Gasteiger partial charge in [-0.25, -0.2) is 0 Å². The number of benzene rings is 4. The van der Waals surface area contributed by atoms with Gasteiger partial charge in [0.15, 0.2) is 0 Å². The van der Waals surface area contributed by atoms with Crippen LogP contribution >= 0.6 is 0 Å². The molecular weight excluding hydrogens is 266 g/mol. The van der Waals surface area contributed by atoms with E-state index in [1.165, 1.54) is 37.7 Å². The summed E-state index contributed by atoms with van der Waals surface area (Å²) in [5, 5.41) is 8.88. The van der Waals surface area contributed by atoms with Crippen molar-refractivity contribution in [2.24, 2.45) is 0 Å². The smallest absolute Gasteiger partial charge is 0.0780 e. The van der Waals surface area contributed by atoms with Gasteiger partial charge in [0.2, 0.25) is 0 Å². The van der Waals surface area contributed by atoms with Gasteiger partial charge in [0.25, 0.3) is 0 Å². The van der Waals surface area contributed by atoms with Crippen LogP contribution in [0, 0.1) is 0 Å². The molecule has 102 valence electrons. The molecule has 5 aromatic rings. The van der Waals surface area contributed by atoms with Gasteiger partial charge in [0.05, 0.1) is 5.52 Å². The summed E-state index contributed by atoms with van der Waals surface area (Å²) in [6.07, 6.45) is 1.87. The molecule has 1 heteroatoms. The van der Waals surface area contributed by atoms with Crippen LogP contribution in [-0.4, -0.2) is 4.98 Å². The second-order valence-corrected chi connectivity index (χ2v) is 5.68. The first kappa shape index (κ1) is 11.7. The zero-order chi connectivity index (χ0) is 14.5.